The summed E-state index contributed by atoms with van der Waals surface area (Å²) in [5.74, 6) is -0.410. The van der Waals surface area contributed by atoms with Crippen molar-refractivity contribution in [3.05, 3.63) is 25.4 Å². The highest BCUT2D eigenvalue weighted by atomic mass is 79.9. The monoisotopic (exact) mass is 351 g/mol. The Morgan fingerprint density at radius 3 is 2.76 bits per heavy atom. The summed E-state index contributed by atoms with van der Waals surface area (Å²) >= 11 is 12.2. The van der Waals surface area contributed by atoms with Crippen LogP contribution in [0.3, 0.4) is 0 Å². The lowest BCUT2D eigenvalue weighted by Gasteiger charge is -1.93. The molecule has 0 N–H and O–H groups in total. The highest BCUT2D eigenvalue weighted by Crippen LogP contribution is 2.40. The number of aromatic nitrogens is 1. The quantitative estimate of drug-likeness (QED) is 0.753. The van der Waals surface area contributed by atoms with Crippen molar-refractivity contribution in [2.24, 2.45) is 0 Å². The number of carbonyl (C=O) groups excluding carboxylic acids is 1. The Kier molecular flexibility index (Phi) is 3.87. The smallest absolute Gasteiger partial charge is 0.357 e. The number of hydrogen-bond acceptors (Lipinski definition) is 5. The molecule has 0 fully saturated rings. The lowest BCUT2D eigenvalue weighted by molar-refractivity contribution is 0.0594. The Balaban J connectivity index is 2.44. The van der Waals surface area contributed by atoms with E-state index in [4.69, 9.17) is 11.6 Å². The fourth-order valence-electron chi connectivity index (χ4n) is 1.24. The van der Waals surface area contributed by atoms with Crippen molar-refractivity contribution in [1.82, 2.24) is 4.98 Å². The summed E-state index contributed by atoms with van der Waals surface area (Å²) in [7, 11) is 1.35. The number of thiazole rings is 1. The first kappa shape index (κ1) is 13.0. The third-order valence-electron chi connectivity index (χ3n) is 2.03. The second kappa shape index (κ2) is 5.06. The van der Waals surface area contributed by atoms with E-state index in [1.54, 1.807) is 0 Å². The number of aryl methyl sites for hydroxylation is 1. The number of carbonyl (C=O) groups is 1. The summed E-state index contributed by atoms with van der Waals surface area (Å²) in [5.41, 5.74) is 0.369. The number of hydrogen-bond donors (Lipinski definition) is 0. The first-order valence-corrected chi connectivity index (χ1v) is 7.34. The molecule has 3 nitrogen and oxygen atoms in total. The standard InChI is InChI=1S/C10H7BrClNO2S2/c1-4-7(10(14)15-2)13-9(16-4)6-3-5(11)8(12)17-6/h3H,1-2H3. The summed E-state index contributed by atoms with van der Waals surface area (Å²) in [4.78, 5) is 17.5. The zero-order valence-electron chi connectivity index (χ0n) is 8.91. The number of rotatable bonds is 2. The van der Waals surface area contributed by atoms with Crippen LogP contribution in [-0.4, -0.2) is 18.1 Å². The Labute approximate surface area is 120 Å². The third kappa shape index (κ3) is 2.54. The van der Waals surface area contributed by atoms with E-state index in [0.717, 1.165) is 19.2 Å². The fraction of sp³-hybridized carbons (Fsp3) is 0.200. The third-order valence-corrected chi connectivity index (χ3v) is 5.65. The predicted octanol–water partition coefficient (Wildman–Crippen LogP) is 4.38. The Morgan fingerprint density at radius 1 is 1.53 bits per heavy atom. The van der Waals surface area contributed by atoms with Crippen LogP contribution in [0, 0.1) is 6.92 Å². The van der Waals surface area contributed by atoms with Gasteiger partial charge in [0.25, 0.3) is 0 Å². The number of ether oxygens (including phenoxy) is 1. The highest BCUT2D eigenvalue weighted by molar-refractivity contribution is 9.10. The van der Waals surface area contributed by atoms with Crippen molar-refractivity contribution in [3.63, 3.8) is 0 Å². The molecule has 0 radical (unpaired) electrons. The van der Waals surface area contributed by atoms with Crippen molar-refractivity contribution in [3.8, 4) is 9.88 Å². The molecule has 0 amide bonds. The topological polar surface area (TPSA) is 39.2 Å². The normalized spacial score (nSPS) is 10.6. The Morgan fingerprint density at radius 2 is 2.24 bits per heavy atom. The van der Waals surface area contributed by atoms with Crippen LogP contribution >= 0.6 is 50.2 Å². The van der Waals surface area contributed by atoms with Gasteiger partial charge in [-0.3, -0.25) is 0 Å². The number of methoxy groups -OCH3 is 1. The molecule has 2 aromatic rings. The van der Waals surface area contributed by atoms with Crippen LogP contribution in [0.2, 0.25) is 4.34 Å². The average molecular weight is 353 g/mol. The zero-order chi connectivity index (χ0) is 12.6. The van der Waals surface area contributed by atoms with Gasteiger partial charge in [0.15, 0.2) is 5.69 Å². The molecule has 2 rings (SSSR count). The predicted molar refractivity (Wildman–Crippen MR) is 74.2 cm³/mol. The van der Waals surface area contributed by atoms with Gasteiger partial charge in [-0.25, -0.2) is 9.78 Å². The largest absolute Gasteiger partial charge is 0.464 e. The van der Waals surface area contributed by atoms with Crippen LogP contribution in [0.5, 0.6) is 0 Å². The van der Waals surface area contributed by atoms with Gasteiger partial charge in [0.05, 0.1) is 12.0 Å². The summed E-state index contributed by atoms with van der Waals surface area (Å²) < 4.78 is 6.18. The molecule has 2 heterocycles. The first-order chi connectivity index (χ1) is 8.02. The molecule has 17 heavy (non-hydrogen) atoms. The minimum atomic E-state index is -0.410. The zero-order valence-corrected chi connectivity index (χ0v) is 12.9. The maximum atomic E-state index is 11.4. The van der Waals surface area contributed by atoms with Crippen molar-refractivity contribution in [2.45, 2.75) is 6.92 Å². The van der Waals surface area contributed by atoms with Crippen LogP contribution < -0.4 is 0 Å². The van der Waals surface area contributed by atoms with Crippen molar-refractivity contribution in [1.29, 1.82) is 0 Å². The number of esters is 1. The number of thiophene rings is 1. The maximum Gasteiger partial charge on any atom is 0.357 e. The lowest BCUT2D eigenvalue weighted by Crippen LogP contribution is -2.02. The van der Waals surface area contributed by atoms with E-state index in [-0.39, 0.29) is 0 Å². The highest BCUT2D eigenvalue weighted by Gasteiger charge is 2.18. The van der Waals surface area contributed by atoms with E-state index in [0.29, 0.717) is 10.0 Å². The SMILES string of the molecule is COC(=O)c1nc(-c2cc(Br)c(Cl)s2)sc1C. The molecule has 0 unspecified atom stereocenters. The summed E-state index contributed by atoms with van der Waals surface area (Å²) in [6.45, 7) is 1.84. The molecular weight excluding hydrogens is 346 g/mol. The Bertz CT molecular complexity index is 559. The van der Waals surface area contributed by atoms with E-state index in [1.165, 1.54) is 29.8 Å². The second-order valence-electron chi connectivity index (χ2n) is 3.15. The minimum Gasteiger partial charge on any atom is -0.464 e. The van der Waals surface area contributed by atoms with Crippen molar-refractivity contribution < 1.29 is 9.53 Å². The number of nitrogens with zero attached hydrogens (tertiary/aromatic N) is 1. The molecule has 0 aliphatic heterocycles. The van der Waals surface area contributed by atoms with E-state index in [2.05, 4.69) is 25.7 Å². The van der Waals surface area contributed by atoms with Crippen LogP contribution in [0.15, 0.2) is 10.5 Å². The van der Waals surface area contributed by atoms with Gasteiger partial charge in [0, 0.05) is 9.35 Å². The number of halogens is 2. The van der Waals surface area contributed by atoms with Crippen LogP contribution in [0.1, 0.15) is 15.4 Å². The Hall–Kier alpha value is -0.430. The maximum absolute atomic E-state index is 11.4. The van der Waals surface area contributed by atoms with E-state index in [1.807, 2.05) is 13.0 Å². The molecular formula is C10H7BrClNO2S2. The molecule has 0 spiro atoms. The molecule has 90 valence electrons. The fourth-order valence-corrected chi connectivity index (χ4v) is 3.89. The van der Waals surface area contributed by atoms with Crippen LogP contribution in [0.4, 0.5) is 0 Å². The van der Waals surface area contributed by atoms with Gasteiger partial charge in [0.2, 0.25) is 0 Å². The molecule has 0 aliphatic carbocycles. The minimum absolute atomic E-state index is 0.369. The molecule has 2 aromatic heterocycles. The summed E-state index contributed by atoms with van der Waals surface area (Å²) in [5, 5.41) is 0.778. The van der Waals surface area contributed by atoms with Gasteiger partial charge >= 0.3 is 5.97 Å². The van der Waals surface area contributed by atoms with E-state index in [9.17, 15) is 4.79 Å². The van der Waals surface area contributed by atoms with Gasteiger partial charge < -0.3 is 4.74 Å². The molecule has 0 saturated heterocycles. The second-order valence-corrected chi connectivity index (χ2v) is 6.86. The average Bonchev–Trinajstić information content (AvgIpc) is 2.82. The van der Waals surface area contributed by atoms with Gasteiger partial charge in [-0.15, -0.1) is 22.7 Å². The molecule has 7 heteroatoms. The molecule has 0 aliphatic rings. The van der Waals surface area contributed by atoms with E-state index >= 15 is 0 Å². The van der Waals surface area contributed by atoms with Gasteiger partial charge in [0.1, 0.15) is 9.34 Å². The molecule has 0 atom stereocenters. The lowest BCUT2D eigenvalue weighted by atomic mass is 10.4. The first-order valence-electron chi connectivity index (χ1n) is 4.54. The van der Waals surface area contributed by atoms with Crippen LogP contribution in [0.25, 0.3) is 9.88 Å². The van der Waals surface area contributed by atoms with Crippen molar-refractivity contribution in [2.75, 3.05) is 7.11 Å². The summed E-state index contributed by atoms with van der Waals surface area (Å²) in [6, 6.07) is 1.90. The van der Waals surface area contributed by atoms with Gasteiger partial charge in [-0.2, -0.15) is 0 Å². The molecule has 0 saturated carbocycles. The van der Waals surface area contributed by atoms with E-state index < -0.39 is 5.97 Å². The summed E-state index contributed by atoms with van der Waals surface area (Å²) in [6.07, 6.45) is 0. The molecule has 0 aromatic carbocycles. The molecule has 0 bridgehead atoms. The van der Waals surface area contributed by atoms with Gasteiger partial charge in [-0.1, -0.05) is 11.6 Å². The van der Waals surface area contributed by atoms with Gasteiger partial charge in [-0.05, 0) is 28.9 Å². The van der Waals surface area contributed by atoms with Crippen LogP contribution in [-0.2, 0) is 4.74 Å². The van der Waals surface area contributed by atoms with Crippen molar-refractivity contribution >= 4 is 56.2 Å².